The van der Waals surface area contributed by atoms with Gasteiger partial charge in [0.05, 0.1) is 39.0 Å². The lowest BCUT2D eigenvalue weighted by molar-refractivity contribution is -0.137. The van der Waals surface area contributed by atoms with Gasteiger partial charge in [0.2, 0.25) is 11.8 Å². The highest BCUT2D eigenvalue weighted by atomic mass is 16.5. The number of rotatable bonds is 6. The minimum Gasteiger partial charge on any atom is -0.493 e. The molecule has 1 saturated heterocycles. The van der Waals surface area contributed by atoms with Crippen LogP contribution in [0.1, 0.15) is 23.1 Å². The Hall–Kier alpha value is -4.51. The lowest BCUT2D eigenvalue weighted by Crippen LogP contribution is -2.49. The predicted octanol–water partition coefficient (Wildman–Crippen LogP) is 4.34. The number of hydrogen-bond acceptors (Lipinski definition) is 8. The van der Waals surface area contributed by atoms with Crippen molar-refractivity contribution in [3.8, 4) is 17.2 Å². The summed E-state index contributed by atoms with van der Waals surface area (Å²) in [6, 6.07) is 21.5. The van der Waals surface area contributed by atoms with Crippen molar-refractivity contribution in [1.82, 2.24) is 20.1 Å². The molecule has 6 rings (SSSR count). The molecule has 0 saturated carbocycles. The highest BCUT2D eigenvalue weighted by Crippen LogP contribution is 2.33. The fraction of sp³-hybridized carbons (Fsp3) is 0.361. The van der Waals surface area contributed by atoms with E-state index in [1.54, 1.807) is 19.1 Å². The Balaban J connectivity index is 1.27. The zero-order valence-electron chi connectivity index (χ0n) is 26.3. The first kappa shape index (κ1) is 31.5. The van der Waals surface area contributed by atoms with Gasteiger partial charge >= 0.3 is 0 Å². The molecule has 4 bridgehead atoms. The first-order valence-electron chi connectivity index (χ1n) is 15.6. The minimum absolute atomic E-state index is 0.0548. The van der Waals surface area contributed by atoms with Gasteiger partial charge in [-0.1, -0.05) is 36.4 Å². The number of ether oxygens (including phenoxy) is 4. The average Bonchev–Trinajstić information content (AvgIpc) is 3.44. The van der Waals surface area contributed by atoms with E-state index in [1.807, 2.05) is 67.0 Å². The van der Waals surface area contributed by atoms with Crippen molar-refractivity contribution >= 4 is 22.6 Å². The van der Waals surface area contributed by atoms with E-state index in [2.05, 4.69) is 27.3 Å². The summed E-state index contributed by atoms with van der Waals surface area (Å²) in [7, 11) is 3.19. The second kappa shape index (κ2) is 14.7. The lowest BCUT2D eigenvalue weighted by Gasteiger charge is -2.25. The fourth-order valence-corrected chi connectivity index (χ4v) is 6.17. The number of carbonyl (C=O) groups is 2. The van der Waals surface area contributed by atoms with Crippen LogP contribution >= 0.6 is 0 Å². The third-order valence-corrected chi connectivity index (χ3v) is 8.55. The van der Waals surface area contributed by atoms with E-state index >= 15 is 0 Å². The van der Waals surface area contributed by atoms with Crippen LogP contribution in [0.5, 0.6) is 17.2 Å². The Labute approximate surface area is 269 Å². The fourth-order valence-electron chi connectivity index (χ4n) is 6.17. The van der Waals surface area contributed by atoms with Gasteiger partial charge in [-0.05, 0) is 58.8 Å². The summed E-state index contributed by atoms with van der Waals surface area (Å²) >= 11 is 0. The molecule has 4 aromatic rings. The Morgan fingerprint density at radius 2 is 1.87 bits per heavy atom. The van der Waals surface area contributed by atoms with E-state index in [0.717, 1.165) is 21.9 Å². The van der Waals surface area contributed by atoms with E-state index in [4.69, 9.17) is 18.9 Å². The van der Waals surface area contributed by atoms with Crippen LogP contribution in [0.15, 0.2) is 79.1 Å². The number of nitrogens with one attached hydrogen (secondary N) is 1. The molecule has 0 aliphatic carbocycles. The van der Waals surface area contributed by atoms with Crippen molar-refractivity contribution in [3.05, 3.63) is 95.8 Å². The van der Waals surface area contributed by atoms with E-state index < -0.39 is 0 Å². The maximum absolute atomic E-state index is 13.5. The first-order valence-corrected chi connectivity index (χ1v) is 15.6. The van der Waals surface area contributed by atoms with Crippen LogP contribution in [0.3, 0.4) is 0 Å². The zero-order chi connectivity index (χ0) is 31.9. The number of benzene rings is 3. The molecule has 10 heteroatoms. The van der Waals surface area contributed by atoms with Crippen LogP contribution in [0.2, 0.25) is 0 Å². The Kier molecular flexibility index (Phi) is 10.1. The van der Waals surface area contributed by atoms with Gasteiger partial charge in [-0.15, -0.1) is 0 Å². The average molecular weight is 625 g/mol. The topological polar surface area (TPSA) is 102 Å². The minimum atomic E-state index is -0.260. The number of pyridine rings is 1. The monoisotopic (exact) mass is 624 g/mol. The smallest absolute Gasteiger partial charge is 0.239 e. The molecule has 0 unspecified atom stereocenters. The summed E-state index contributed by atoms with van der Waals surface area (Å²) in [6.45, 7) is 2.90. The molecule has 2 amide bonds. The number of methoxy groups -OCH3 is 2. The molecule has 0 spiro atoms. The first-order chi connectivity index (χ1) is 22.5. The number of carbonyl (C=O) groups excluding carboxylic acids is 2. The molecular formula is C36H40N4O6. The Morgan fingerprint density at radius 3 is 2.74 bits per heavy atom. The van der Waals surface area contributed by atoms with Gasteiger partial charge in [0.1, 0.15) is 5.75 Å². The predicted molar refractivity (Wildman–Crippen MR) is 174 cm³/mol. The van der Waals surface area contributed by atoms with E-state index in [0.29, 0.717) is 63.1 Å². The van der Waals surface area contributed by atoms with Crippen LogP contribution in [0.25, 0.3) is 10.8 Å². The SMILES string of the molecule is COCCN1CC(=O)N[C@H]2CN(Cc3cccc4cnccc34)C[C@@H]2OCc2cccc(c2)Oc2cc(ccc2OC)CCC1=O. The summed E-state index contributed by atoms with van der Waals surface area (Å²) in [6.07, 6.45) is 4.15. The standard InChI is InChI=1S/C36H40N4O6/c1-43-16-15-40-23-35(41)38-31-21-39(20-28-7-4-6-27-19-37-14-13-30(27)28)22-34(31)45-24-26-5-3-8-29(17-26)46-33-18-25(10-12-36(40)42)9-11-32(33)44-2/h3-9,11,13-14,17-19,31,34H,10,12,15-16,20-24H2,1-2H3,(H,38,41)/t31-,34-/m0/s1. The molecule has 1 N–H and O–H groups in total. The zero-order valence-corrected chi connectivity index (χ0v) is 26.3. The molecule has 1 fully saturated rings. The lowest BCUT2D eigenvalue weighted by atomic mass is 10.1. The van der Waals surface area contributed by atoms with Gasteiger partial charge in [0, 0.05) is 57.5 Å². The van der Waals surface area contributed by atoms with Crippen LogP contribution in [0.4, 0.5) is 0 Å². The van der Waals surface area contributed by atoms with E-state index in [9.17, 15) is 9.59 Å². The summed E-state index contributed by atoms with van der Waals surface area (Å²) in [4.78, 5) is 35.0. The number of aryl methyl sites for hydroxylation is 1. The summed E-state index contributed by atoms with van der Waals surface area (Å²) in [5.74, 6) is 1.48. The molecule has 2 aliphatic heterocycles. The normalized spacial score (nSPS) is 19.6. The van der Waals surface area contributed by atoms with E-state index in [-0.39, 0.29) is 36.9 Å². The Bertz CT molecular complexity index is 1670. The molecule has 2 aliphatic rings. The summed E-state index contributed by atoms with van der Waals surface area (Å²) in [5, 5.41) is 5.45. The number of nitrogens with zero attached hydrogens (tertiary/aromatic N) is 3. The van der Waals surface area contributed by atoms with Crippen molar-refractivity contribution in [3.63, 3.8) is 0 Å². The van der Waals surface area contributed by atoms with Crippen molar-refractivity contribution in [2.75, 3.05) is 47.0 Å². The maximum atomic E-state index is 13.5. The van der Waals surface area contributed by atoms with Gasteiger partial charge < -0.3 is 29.2 Å². The number of amides is 2. The quantitative estimate of drug-likeness (QED) is 0.338. The van der Waals surface area contributed by atoms with Crippen molar-refractivity contribution in [1.29, 1.82) is 0 Å². The van der Waals surface area contributed by atoms with Gasteiger partial charge in [0.25, 0.3) is 0 Å². The van der Waals surface area contributed by atoms with Gasteiger partial charge in [-0.25, -0.2) is 0 Å². The third kappa shape index (κ3) is 7.64. The molecule has 3 heterocycles. The summed E-state index contributed by atoms with van der Waals surface area (Å²) < 4.78 is 23.6. The number of fused-ring (bicyclic) bond motifs is 6. The second-order valence-electron chi connectivity index (χ2n) is 11.8. The number of aromatic nitrogens is 1. The van der Waals surface area contributed by atoms with Crippen molar-refractivity contribution < 1.29 is 28.5 Å². The van der Waals surface area contributed by atoms with Crippen molar-refractivity contribution in [2.45, 2.75) is 38.1 Å². The highest BCUT2D eigenvalue weighted by molar-refractivity contribution is 5.85. The van der Waals surface area contributed by atoms with Crippen LogP contribution < -0.4 is 14.8 Å². The largest absolute Gasteiger partial charge is 0.493 e. The molecule has 1 aromatic heterocycles. The van der Waals surface area contributed by atoms with Gasteiger partial charge in [-0.3, -0.25) is 19.5 Å². The maximum Gasteiger partial charge on any atom is 0.239 e. The number of hydrogen-bond donors (Lipinski definition) is 1. The molecule has 46 heavy (non-hydrogen) atoms. The molecule has 3 aromatic carbocycles. The second-order valence-corrected chi connectivity index (χ2v) is 11.8. The highest BCUT2D eigenvalue weighted by Gasteiger charge is 2.35. The summed E-state index contributed by atoms with van der Waals surface area (Å²) in [5.41, 5.74) is 3.07. The van der Waals surface area contributed by atoms with Gasteiger partial charge in [-0.2, -0.15) is 0 Å². The van der Waals surface area contributed by atoms with Crippen LogP contribution in [-0.4, -0.2) is 85.7 Å². The molecule has 10 nitrogen and oxygen atoms in total. The van der Waals surface area contributed by atoms with Gasteiger partial charge in [0.15, 0.2) is 11.5 Å². The van der Waals surface area contributed by atoms with E-state index in [1.165, 1.54) is 5.56 Å². The van der Waals surface area contributed by atoms with Crippen molar-refractivity contribution in [2.24, 2.45) is 0 Å². The Morgan fingerprint density at radius 1 is 0.978 bits per heavy atom. The third-order valence-electron chi connectivity index (χ3n) is 8.55. The van der Waals surface area contributed by atoms with Crippen LogP contribution in [-0.2, 0) is 38.6 Å². The molecule has 2 atom stereocenters. The molecular weight excluding hydrogens is 584 g/mol. The number of likely N-dealkylation sites (tertiary alicyclic amines) is 1. The van der Waals surface area contributed by atoms with Crippen LogP contribution in [0, 0.1) is 0 Å². The molecule has 240 valence electrons. The molecule has 0 radical (unpaired) electrons.